The minimum Gasteiger partial charge on any atom is -0.461 e. The summed E-state index contributed by atoms with van der Waals surface area (Å²) < 4.78 is 20.7. The summed E-state index contributed by atoms with van der Waals surface area (Å²) in [7, 11) is 0. The molecule has 0 saturated heterocycles. The van der Waals surface area contributed by atoms with Crippen LogP contribution in [0.25, 0.3) is 11.6 Å². The summed E-state index contributed by atoms with van der Waals surface area (Å²) >= 11 is 7.28. The second kappa shape index (κ2) is 9.36. The van der Waals surface area contributed by atoms with Gasteiger partial charge in [0.2, 0.25) is 11.7 Å². The molecule has 0 saturated carbocycles. The predicted octanol–water partition coefficient (Wildman–Crippen LogP) is 5.50. The maximum Gasteiger partial charge on any atom is 0.237 e. The lowest BCUT2D eigenvalue weighted by molar-refractivity contribution is -0.115. The molecule has 4 aromatic rings. The molecule has 1 unspecified atom stereocenters. The van der Waals surface area contributed by atoms with E-state index in [4.69, 9.17) is 16.0 Å². The Labute approximate surface area is 187 Å². The summed E-state index contributed by atoms with van der Waals surface area (Å²) in [5.41, 5.74) is 1.41. The second-order valence-electron chi connectivity index (χ2n) is 6.73. The van der Waals surface area contributed by atoms with Gasteiger partial charge in [-0.25, -0.2) is 4.39 Å². The van der Waals surface area contributed by atoms with Crippen LogP contribution in [0.1, 0.15) is 12.5 Å². The molecule has 2 aromatic heterocycles. The molecule has 1 atom stereocenters. The second-order valence-corrected chi connectivity index (χ2v) is 8.44. The molecular weight excluding hydrogens is 439 g/mol. The highest BCUT2D eigenvalue weighted by Crippen LogP contribution is 2.29. The Hall–Kier alpha value is -3.10. The van der Waals surface area contributed by atoms with Crippen molar-refractivity contribution in [2.45, 2.75) is 23.9 Å². The maximum absolute atomic E-state index is 13.2. The first-order chi connectivity index (χ1) is 15.0. The highest BCUT2D eigenvalue weighted by molar-refractivity contribution is 8.00. The lowest BCUT2D eigenvalue weighted by Gasteiger charge is -2.14. The molecule has 2 aromatic carbocycles. The van der Waals surface area contributed by atoms with Gasteiger partial charge in [0.25, 0.3) is 0 Å². The zero-order valence-corrected chi connectivity index (χ0v) is 18.0. The third-order valence-electron chi connectivity index (χ3n) is 4.48. The summed E-state index contributed by atoms with van der Waals surface area (Å²) in [6.07, 6.45) is 1.58. The average molecular weight is 457 g/mol. The number of nitrogens with one attached hydrogen (secondary N) is 1. The van der Waals surface area contributed by atoms with Crippen molar-refractivity contribution in [1.29, 1.82) is 0 Å². The van der Waals surface area contributed by atoms with Crippen molar-refractivity contribution in [3.8, 4) is 11.6 Å². The van der Waals surface area contributed by atoms with Gasteiger partial charge in [-0.3, -0.25) is 9.36 Å². The van der Waals surface area contributed by atoms with Crippen LogP contribution in [0.4, 0.5) is 10.1 Å². The van der Waals surface area contributed by atoms with Crippen molar-refractivity contribution in [3.63, 3.8) is 0 Å². The van der Waals surface area contributed by atoms with Crippen LogP contribution < -0.4 is 5.32 Å². The molecule has 4 rings (SSSR count). The Bertz CT molecular complexity index is 1180. The van der Waals surface area contributed by atoms with Crippen LogP contribution >= 0.6 is 23.4 Å². The Morgan fingerprint density at radius 3 is 2.71 bits per heavy atom. The molecule has 6 nitrogen and oxygen atoms in total. The van der Waals surface area contributed by atoms with Crippen molar-refractivity contribution < 1.29 is 13.6 Å². The predicted molar refractivity (Wildman–Crippen MR) is 119 cm³/mol. The van der Waals surface area contributed by atoms with Crippen LogP contribution in [0.15, 0.2) is 76.5 Å². The molecule has 0 aliphatic heterocycles. The molecule has 0 aliphatic carbocycles. The topological polar surface area (TPSA) is 73.0 Å². The number of anilines is 1. The maximum atomic E-state index is 13.2. The van der Waals surface area contributed by atoms with Crippen molar-refractivity contribution in [1.82, 2.24) is 14.8 Å². The van der Waals surface area contributed by atoms with Crippen molar-refractivity contribution >= 4 is 35.0 Å². The van der Waals surface area contributed by atoms with E-state index in [1.165, 1.54) is 23.9 Å². The van der Waals surface area contributed by atoms with Gasteiger partial charge in [-0.1, -0.05) is 53.7 Å². The standard InChI is InChI=1S/C22H18ClFN4O2S/c1-14(21(29)25-18-10-9-16(24)12-17(18)23)31-22-27-26-20(19-8-5-11-30-19)28(22)13-15-6-3-2-4-7-15/h2-12,14H,13H2,1H3,(H,25,29). The molecule has 1 N–H and O–H groups in total. The Morgan fingerprint density at radius 2 is 2.00 bits per heavy atom. The van der Waals surface area contributed by atoms with Gasteiger partial charge in [0.1, 0.15) is 5.82 Å². The molecule has 0 spiro atoms. The van der Waals surface area contributed by atoms with Crippen LogP contribution in [0.5, 0.6) is 0 Å². The van der Waals surface area contributed by atoms with Crippen molar-refractivity contribution in [3.05, 3.63) is 83.3 Å². The average Bonchev–Trinajstić information content (AvgIpc) is 3.41. The number of aromatic nitrogens is 3. The van der Waals surface area contributed by atoms with E-state index >= 15 is 0 Å². The van der Waals surface area contributed by atoms with Crippen molar-refractivity contribution in [2.75, 3.05) is 5.32 Å². The number of hydrogen-bond acceptors (Lipinski definition) is 5. The number of carbonyl (C=O) groups is 1. The molecule has 31 heavy (non-hydrogen) atoms. The third kappa shape index (κ3) is 4.98. The molecule has 0 fully saturated rings. The number of carbonyl (C=O) groups excluding carboxylic acids is 1. The van der Waals surface area contributed by atoms with E-state index in [9.17, 15) is 9.18 Å². The normalized spacial score (nSPS) is 12.0. The quantitative estimate of drug-likeness (QED) is 0.372. The minimum absolute atomic E-state index is 0.137. The summed E-state index contributed by atoms with van der Waals surface area (Å²) in [6, 6.07) is 17.3. The summed E-state index contributed by atoms with van der Waals surface area (Å²) in [5, 5.41) is 11.5. The van der Waals surface area contributed by atoms with Gasteiger partial charge >= 0.3 is 0 Å². The van der Waals surface area contributed by atoms with Gasteiger partial charge in [-0.2, -0.15) is 0 Å². The number of thioether (sulfide) groups is 1. The SMILES string of the molecule is CC(Sc1nnc(-c2ccco2)n1Cc1ccccc1)C(=O)Nc1ccc(F)cc1Cl. The molecule has 0 bridgehead atoms. The van der Waals surface area contributed by atoms with Gasteiger partial charge in [0, 0.05) is 0 Å². The minimum atomic E-state index is -0.510. The summed E-state index contributed by atoms with van der Waals surface area (Å²) in [4.78, 5) is 12.7. The van der Waals surface area contributed by atoms with Gasteiger partial charge in [0.15, 0.2) is 10.9 Å². The van der Waals surface area contributed by atoms with E-state index in [0.29, 0.717) is 29.0 Å². The van der Waals surface area contributed by atoms with E-state index in [1.807, 2.05) is 41.0 Å². The van der Waals surface area contributed by atoms with Crippen LogP contribution in [0, 0.1) is 5.82 Å². The molecule has 1 amide bonds. The number of nitrogens with zero attached hydrogens (tertiary/aromatic N) is 3. The number of amides is 1. The van der Waals surface area contributed by atoms with Crippen LogP contribution in [-0.2, 0) is 11.3 Å². The molecule has 158 valence electrons. The first-order valence-corrected chi connectivity index (χ1v) is 10.7. The number of halogens is 2. The number of benzene rings is 2. The monoisotopic (exact) mass is 456 g/mol. The fourth-order valence-electron chi connectivity index (χ4n) is 2.91. The lowest BCUT2D eigenvalue weighted by atomic mass is 10.2. The zero-order chi connectivity index (χ0) is 21.8. The van der Waals surface area contributed by atoms with Crippen LogP contribution in [-0.4, -0.2) is 25.9 Å². The fourth-order valence-corrected chi connectivity index (χ4v) is 3.97. The molecular formula is C22H18ClFN4O2S. The largest absolute Gasteiger partial charge is 0.461 e. The van der Waals surface area contributed by atoms with Crippen LogP contribution in [0.2, 0.25) is 5.02 Å². The molecule has 2 heterocycles. The van der Waals surface area contributed by atoms with Gasteiger partial charge in [-0.15, -0.1) is 10.2 Å². The number of rotatable bonds is 7. The van der Waals surface area contributed by atoms with E-state index in [1.54, 1.807) is 19.3 Å². The summed E-state index contributed by atoms with van der Waals surface area (Å²) in [6.45, 7) is 2.27. The highest BCUT2D eigenvalue weighted by Gasteiger charge is 2.22. The first-order valence-electron chi connectivity index (χ1n) is 9.45. The van der Waals surface area contributed by atoms with Gasteiger partial charge in [-0.05, 0) is 42.8 Å². The number of furan rings is 1. The third-order valence-corrected chi connectivity index (χ3v) is 5.88. The van der Waals surface area contributed by atoms with Crippen LogP contribution in [0.3, 0.4) is 0 Å². The Kier molecular flexibility index (Phi) is 6.39. The summed E-state index contributed by atoms with van der Waals surface area (Å²) in [5.74, 6) is 0.410. The first kappa shape index (κ1) is 21.1. The Balaban J connectivity index is 1.56. The zero-order valence-electron chi connectivity index (χ0n) is 16.5. The van der Waals surface area contributed by atoms with E-state index in [-0.39, 0.29) is 10.9 Å². The van der Waals surface area contributed by atoms with Gasteiger partial charge < -0.3 is 9.73 Å². The molecule has 9 heteroatoms. The van der Waals surface area contributed by atoms with E-state index in [2.05, 4.69) is 15.5 Å². The lowest BCUT2D eigenvalue weighted by Crippen LogP contribution is -2.23. The molecule has 0 aliphatic rings. The molecule has 0 radical (unpaired) electrons. The Morgan fingerprint density at radius 1 is 1.19 bits per heavy atom. The van der Waals surface area contributed by atoms with Gasteiger partial charge in [0.05, 0.1) is 28.8 Å². The number of hydrogen-bond donors (Lipinski definition) is 1. The van der Waals surface area contributed by atoms with E-state index < -0.39 is 11.1 Å². The highest BCUT2D eigenvalue weighted by atomic mass is 35.5. The van der Waals surface area contributed by atoms with E-state index in [0.717, 1.165) is 11.6 Å². The van der Waals surface area contributed by atoms with Crippen molar-refractivity contribution in [2.24, 2.45) is 0 Å². The smallest absolute Gasteiger partial charge is 0.237 e. The fraction of sp³-hybridized carbons (Fsp3) is 0.136.